The summed E-state index contributed by atoms with van der Waals surface area (Å²) in [6, 6.07) is 13.4. The van der Waals surface area contributed by atoms with Gasteiger partial charge in [-0.05, 0) is 42.3 Å². The number of rotatable bonds is 3. The van der Waals surface area contributed by atoms with Gasteiger partial charge >= 0.3 is 0 Å². The lowest BCUT2D eigenvalue weighted by atomic mass is 10.2. The van der Waals surface area contributed by atoms with Gasteiger partial charge < -0.3 is 0 Å². The molecule has 0 aliphatic rings. The van der Waals surface area contributed by atoms with Crippen molar-refractivity contribution in [2.45, 2.75) is 6.92 Å². The zero-order valence-corrected chi connectivity index (χ0v) is 13.4. The summed E-state index contributed by atoms with van der Waals surface area (Å²) in [4.78, 5) is 16.4. The number of benzene rings is 2. The van der Waals surface area contributed by atoms with Crippen LogP contribution in [-0.4, -0.2) is 10.9 Å². The van der Waals surface area contributed by atoms with E-state index in [1.165, 1.54) is 23.0 Å². The van der Waals surface area contributed by atoms with E-state index in [0.29, 0.717) is 10.2 Å². The van der Waals surface area contributed by atoms with Gasteiger partial charge in [0, 0.05) is 11.1 Å². The summed E-state index contributed by atoms with van der Waals surface area (Å²) in [5, 5.41) is 3.98. The van der Waals surface area contributed by atoms with Crippen LogP contribution in [0.1, 0.15) is 11.1 Å². The number of aromatic nitrogens is 1. The predicted molar refractivity (Wildman–Crippen MR) is 93.5 cm³/mol. The minimum absolute atomic E-state index is 0.226. The van der Waals surface area contributed by atoms with E-state index < -0.39 is 0 Å². The van der Waals surface area contributed by atoms with E-state index in [-0.39, 0.29) is 5.91 Å². The number of carbonyl (C=O) groups excluding carboxylic acids is 1. The second-order valence-electron chi connectivity index (χ2n) is 4.83. The van der Waals surface area contributed by atoms with Gasteiger partial charge in [-0.25, -0.2) is 4.98 Å². The second kappa shape index (κ2) is 6.30. The fourth-order valence-corrected chi connectivity index (χ4v) is 3.17. The molecule has 3 aromatic rings. The molecule has 1 N–H and O–H groups in total. The molecule has 110 valence electrons. The van der Waals surface area contributed by atoms with Gasteiger partial charge in [0.05, 0.1) is 10.2 Å². The average molecular weight is 329 g/mol. The number of carbonyl (C=O) groups is 1. The minimum Gasteiger partial charge on any atom is -0.298 e. The smallest absolute Gasteiger partial charge is 0.250 e. The largest absolute Gasteiger partial charge is 0.298 e. The van der Waals surface area contributed by atoms with Gasteiger partial charge in [-0.2, -0.15) is 0 Å². The summed E-state index contributed by atoms with van der Waals surface area (Å²) in [5.41, 5.74) is 2.87. The number of anilines is 1. The normalized spacial score (nSPS) is 11.2. The topological polar surface area (TPSA) is 42.0 Å². The molecule has 0 aliphatic carbocycles. The Morgan fingerprint density at radius 1 is 1.27 bits per heavy atom. The summed E-state index contributed by atoms with van der Waals surface area (Å²) in [6.45, 7) is 2.03. The zero-order chi connectivity index (χ0) is 15.5. The Labute approximate surface area is 137 Å². The molecule has 0 saturated heterocycles. The number of fused-ring (bicyclic) bond motifs is 1. The third-order valence-electron chi connectivity index (χ3n) is 3.09. The first-order valence-corrected chi connectivity index (χ1v) is 7.92. The van der Waals surface area contributed by atoms with Crippen LogP contribution < -0.4 is 5.32 Å². The van der Waals surface area contributed by atoms with Crippen molar-refractivity contribution in [1.29, 1.82) is 0 Å². The molecule has 5 heteroatoms. The Morgan fingerprint density at radius 3 is 2.91 bits per heavy atom. The lowest BCUT2D eigenvalue weighted by Gasteiger charge is -1.97. The van der Waals surface area contributed by atoms with Crippen molar-refractivity contribution in [1.82, 2.24) is 4.98 Å². The second-order valence-corrected chi connectivity index (χ2v) is 6.27. The van der Waals surface area contributed by atoms with Gasteiger partial charge in [0.2, 0.25) is 5.91 Å². The molecule has 3 rings (SSSR count). The first-order chi connectivity index (χ1) is 10.6. The SMILES string of the molecule is Cc1ccc2nc(NC(=O)/C=C/c3ccccc3Cl)sc2c1. The van der Waals surface area contributed by atoms with Crippen LogP contribution in [0.3, 0.4) is 0 Å². The van der Waals surface area contributed by atoms with Crippen LogP contribution in [0, 0.1) is 6.92 Å². The Hall–Kier alpha value is -2.17. The van der Waals surface area contributed by atoms with Gasteiger partial charge in [0.15, 0.2) is 5.13 Å². The maximum Gasteiger partial charge on any atom is 0.250 e. The van der Waals surface area contributed by atoms with Gasteiger partial charge in [0.25, 0.3) is 0 Å². The van der Waals surface area contributed by atoms with Gasteiger partial charge in [-0.15, -0.1) is 0 Å². The summed E-state index contributed by atoms with van der Waals surface area (Å²) in [7, 11) is 0. The molecule has 0 atom stereocenters. The van der Waals surface area contributed by atoms with Crippen molar-refractivity contribution in [3.05, 3.63) is 64.7 Å². The van der Waals surface area contributed by atoms with Gasteiger partial charge in [-0.3, -0.25) is 10.1 Å². The van der Waals surface area contributed by atoms with E-state index in [0.717, 1.165) is 15.8 Å². The number of thiazole rings is 1. The number of hydrogen-bond donors (Lipinski definition) is 1. The van der Waals surface area contributed by atoms with Crippen LogP contribution in [0.2, 0.25) is 5.02 Å². The van der Waals surface area contributed by atoms with Gasteiger partial charge in [-0.1, -0.05) is 47.2 Å². The van der Waals surface area contributed by atoms with Crippen LogP contribution in [0.5, 0.6) is 0 Å². The van der Waals surface area contributed by atoms with E-state index in [1.807, 2.05) is 37.3 Å². The van der Waals surface area contributed by atoms with Crippen molar-refractivity contribution in [3.63, 3.8) is 0 Å². The van der Waals surface area contributed by atoms with Crippen LogP contribution in [0.25, 0.3) is 16.3 Å². The van der Waals surface area contributed by atoms with E-state index in [4.69, 9.17) is 11.6 Å². The van der Waals surface area contributed by atoms with Crippen molar-refractivity contribution in [3.8, 4) is 0 Å². The third-order valence-corrected chi connectivity index (χ3v) is 4.37. The van der Waals surface area contributed by atoms with Crippen LogP contribution in [0.15, 0.2) is 48.5 Å². The monoisotopic (exact) mass is 328 g/mol. The van der Waals surface area contributed by atoms with Crippen molar-refractivity contribution < 1.29 is 4.79 Å². The number of aryl methyl sites for hydroxylation is 1. The maximum absolute atomic E-state index is 12.0. The third kappa shape index (κ3) is 3.35. The lowest BCUT2D eigenvalue weighted by molar-refractivity contribution is -0.111. The van der Waals surface area contributed by atoms with Crippen molar-refractivity contribution in [2.75, 3.05) is 5.32 Å². The molecule has 0 spiro atoms. The molecule has 0 fully saturated rings. The van der Waals surface area contributed by atoms with Crippen LogP contribution in [0.4, 0.5) is 5.13 Å². The molecule has 1 heterocycles. The molecule has 1 aromatic heterocycles. The fraction of sp³-hybridized carbons (Fsp3) is 0.0588. The predicted octanol–water partition coefficient (Wildman–Crippen LogP) is 4.91. The summed E-state index contributed by atoms with van der Waals surface area (Å²) >= 11 is 7.50. The number of amides is 1. The van der Waals surface area contributed by atoms with Crippen molar-refractivity contribution in [2.24, 2.45) is 0 Å². The van der Waals surface area contributed by atoms with Gasteiger partial charge in [0.1, 0.15) is 0 Å². The number of hydrogen-bond acceptors (Lipinski definition) is 3. The number of nitrogens with one attached hydrogen (secondary N) is 1. The molecule has 0 unspecified atom stereocenters. The molecule has 0 radical (unpaired) electrons. The Kier molecular flexibility index (Phi) is 4.22. The molecule has 1 amide bonds. The zero-order valence-electron chi connectivity index (χ0n) is 11.8. The number of nitrogens with zero attached hydrogens (tertiary/aromatic N) is 1. The quantitative estimate of drug-likeness (QED) is 0.694. The Bertz CT molecular complexity index is 870. The van der Waals surface area contributed by atoms with E-state index in [1.54, 1.807) is 12.1 Å². The van der Waals surface area contributed by atoms with Crippen LogP contribution in [-0.2, 0) is 4.79 Å². The van der Waals surface area contributed by atoms with Crippen LogP contribution >= 0.6 is 22.9 Å². The lowest BCUT2D eigenvalue weighted by Crippen LogP contribution is -2.07. The molecule has 2 aromatic carbocycles. The first-order valence-electron chi connectivity index (χ1n) is 6.72. The molecular weight excluding hydrogens is 316 g/mol. The molecular formula is C17H13ClN2OS. The number of halogens is 1. The van der Waals surface area contributed by atoms with E-state index >= 15 is 0 Å². The first kappa shape index (κ1) is 14.8. The minimum atomic E-state index is -0.226. The van der Waals surface area contributed by atoms with E-state index in [2.05, 4.69) is 16.4 Å². The molecule has 3 nitrogen and oxygen atoms in total. The summed E-state index contributed by atoms with van der Waals surface area (Å²) in [6.07, 6.45) is 3.15. The Balaban J connectivity index is 1.74. The highest BCUT2D eigenvalue weighted by atomic mass is 35.5. The highest BCUT2D eigenvalue weighted by Gasteiger charge is 2.06. The molecule has 0 aliphatic heterocycles. The maximum atomic E-state index is 12.0. The van der Waals surface area contributed by atoms with E-state index in [9.17, 15) is 4.79 Å². The summed E-state index contributed by atoms with van der Waals surface area (Å²) < 4.78 is 1.06. The molecule has 0 saturated carbocycles. The summed E-state index contributed by atoms with van der Waals surface area (Å²) in [5.74, 6) is -0.226. The van der Waals surface area contributed by atoms with Crippen molar-refractivity contribution >= 4 is 50.3 Å². The highest BCUT2D eigenvalue weighted by molar-refractivity contribution is 7.22. The average Bonchev–Trinajstić information content (AvgIpc) is 2.87. The Morgan fingerprint density at radius 2 is 2.09 bits per heavy atom. The fourth-order valence-electron chi connectivity index (χ4n) is 2.01. The standard InChI is InChI=1S/C17H13ClN2OS/c1-11-6-8-14-15(10-11)22-17(19-14)20-16(21)9-7-12-4-2-3-5-13(12)18/h2-10H,1H3,(H,19,20,21)/b9-7+. The molecule has 22 heavy (non-hydrogen) atoms. The highest BCUT2D eigenvalue weighted by Crippen LogP contribution is 2.26. The molecule has 0 bridgehead atoms.